The molecule has 168 valence electrons. The minimum absolute atomic E-state index is 0.0378. The first-order valence-electron chi connectivity index (χ1n) is 10.8. The maximum atomic E-state index is 13.2. The van der Waals surface area contributed by atoms with E-state index in [1.54, 1.807) is 30.3 Å². The van der Waals surface area contributed by atoms with Gasteiger partial charge in [0, 0.05) is 43.2 Å². The molecule has 7 heteroatoms. The number of fused-ring (bicyclic) bond motifs is 1. The summed E-state index contributed by atoms with van der Waals surface area (Å²) in [6.45, 7) is 7.96. The summed E-state index contributed by atoms with van der Waals surface area (Å²) in [6.07, 6.45) is 0. The van der Waals surface area contributed by atoms with E-state index in [1.807, 2.05) is 18.7 Å². The number of ether oxygens (including phenoxy) is 1. The highest BCUT2D eigenvalue weighted by atomic mass is 19.1. The molecule has 1 aliphatic heterocycles. The number of aryl methyl sites for hydroxylation is 1. The molecular formula is C25H27FN2O4. The molecule has 1 aliphatic rings. The molecular weight excluding hydrogens is 411 g/mol. The maximum absolute atomic E-state index is 13.2. The number of carbonyl (C=O) groups excluding carboxylic acids is 1. The van der Waals surface area contributed by atoms with Gasteiger partial charge in [-0.1, -0.05) is 12.1 Å². The molecule has 0 saturated carbocycles. The van der Waals surface area contributed by atoms with E-state index in [9.17, 15) is 14.0 Å². The molecule has 4 rings (SSSR count). The van der Waals surface area contributed by atoms with Crippen LogP contribution in [0.4, 0.5) is 4.39 Å². The van der Waals surface area contributed by atoms with Crippen LogP contribution < -0.4 is 10.4 Å². The average molecular weight is 438 g/mol. The van der Waals surface area contributed by atoms with Crippen LogP contribution in [0.5, 0.6) is 5.75 Å². The second kappa shape index (κ2) is 9.12. The Morgan fingerprint density at radius 3 is 2.59 bits per heavy atom. The maximum Gasteiger partial charge on any atom is 0.336 e. The molecule has 0 spiro atoms. The molecule has 0 bridgehead atoms. The quantitative estimate of drug-likeness (QED) is 0.568. The second-order valence-electron chi connectivity index (χ2n) is 8.50. The monoisotopic (exact) mass is 438 g/mol. The minimum atomic E-state index is -0.388. The zero-order chi connectivity index (χ0) is 22.8. The summed E-state index contributed by atoms with van der Waals surface area (Å²) in [4.78, 5) is 28.6. The van der Waals surface area contributed by atoms with Gasteiger partial charge in [0.2, 0.25) is 0 Å². The van der Waals surface area contributed by atoms with Crippen molar-refractivity contribution >= 4 is 16.9 Å². The smallest absolute Gasteiger partial charge is 0.336 e. The van der Waals surface area contributed by atoms with Crippen LogP contribution in [0, 0.1) is 12.7 Å². The van der Waals surface area contributed by atoms with E-state index in [4.69, 9.17) is 9.15 Å². The van der Waals surface area contributed by atoms with Crippen LogP contribution in [-0.4, -0.2) is 47.5 Å². The van der Waals surface area contributed by atoms with Crippen molar-refractivity contribution in [2.75, 3.05) is 19.7 Å². The van der Waals surface area contributed by atoms with Gasteiger partial charge in [0.15, 0.2) is 6.61 Å². The fraction of sp³-hybridized carbons (Fsp3) is 0.360. The molecule has 1 fully saturated rings. The Bertz CT molecular complexity index is 1170. The normalized spacial score (nSPS) is 19.3. The molecule has 0 aliphatic carbocycles. The number of piperazine rings is 1. The third-order valence-corrected chi connectivity index (χ3v) is 6.02. The van der Waals surface area contributed by atoms with Gasteiger partial charge >= 0.3 is 5.63 Å². The Kier molecular flexibility index (Phi) is 6.28. The Labute approximate surface area is 186 Å². The van der Waals surface area contributed by atoms with Crippen molar-refractivity contribution in [3.05, 3.63) is 75.9 Å². The molecule has 1 amide bonds. The van der Waals surface area contributed by atoms with Crippen LogP contribution in [-0.2, 0) is 11.3 Å². The third kappa shape index (κ3) is 4.83. The van der Waals surface area contributed by atoms with Crippen molar-refractivity contribution in [1.29, 1.82) is 0 Å². The highest BCUT2D eigenvalue weighted by Gasteiger charge is 2.32. The summed E-state index contributed by atoms with van der Waals surface area (Å²) in [6, 6.07) is 13.4. The second-order valence-corrected chi connectivity index (χ2v) is 8.50. The molecule has 0 radical (unpaired) electrons. The van der Waals surface area contributed by atoms with Gasteiger partial charge in [-0.2, -0.15) is 0 Å². The van der Waals surface area contributed by atoms with Crippen molar-refractivity contribution in [1.82, 2.24) is 9.80 Å². The van der Waals surface area contributed by atoms with Gasteiger partial charge in [-0.05, 0) is 62.2 Å². The molecule has 1 aromatic heterocycles. The molecule has 0 N–H and O–H groups in total. The molecule has 2 aromatic carbocycles. The Morgan fingerprint density at radius 2 is 1.84 bits per heavy atom. The molecule has 6 nitrogen and oxygen atoms in total. The first kappa shape index (κ1) is 22.0. The SMILES string of the molecule is Cc1cc(=O)oc2ccc(OCC(=O)N3C[C@H](C)N(Cc4ccc(F)cc4)C[C@H]3C)cc12. The fourth-order valence-corrected chi connectivity index (χ4v) is 4.21. The lowest BCUT2D eigenvalue weighted by molar-refractivity contribution is -0.139. The van der Waals surface area contributed by atoms with Gasteiger partial charge in [0.25, 0.3) is 5.91 Å². The van der Waals surface area contributed by atoms with Crippen molar-refractivity contribution in [3.63, 3.8) is 0 Å². The van der Waals surface area contributed by atoms with Gasteiger partial charge in [-0.15, -0.1) is 0 Å². The highest BCUT2D eigenvalue weighted by molar-refractivity contribution is 5.82. The number of hydrogen-bond acceptors (Lipinski definition) is 5. The van der Waals surface area contributed by atoms with Crippen LogP contribution >= 0.6 is 0 Å². The largest absolute Gasteiger partial charge is 0.484 e. The highest BCUT2D eigenvalue weighted by Crippen LogP contribution is 2.23. The van der Waals surface area contributed by atoms with Crippen LogP contribution in [0.2, 0.25) is 0 Å². The molecule has 3 aromatic rings. The van der Waals surface area contributed by atoms with Crippen molar-refractivity contribution in [2.45, 2.75) is 39.4 Å². The molecule has 32 heavy (non-hydrogen) atoms. The fourth-order valence-electron chi connectivity index (χ4n) is 4.21. The first-order valence-corrected chi connectivity index (χ1v) is 10.8. The summed E-state index contributed by atoms with van der Waals surface area (Å²) in [5.74, 6) is 0.248. The number of nitrogens with zero attached hydrogens (tertiary/aromatic N) is 2. The van der Waals surface area contributed by atoms with Gasteiger partial charge in [-0.3, -0.25) is 9.69 Å². The number of carbonyl (C=O) groups is 1. The lowest BCUT2D eigenvalue weighted by atomic mass is 10.1. The van der Waals surface area contributed by atoms with E-state index < -0.39 is 0 Å². The number of rotatable bonds is 5. The zero-order valence-electron chi connectivity index (χ0n) is 18.5. The number of hydrogen-bond donors (Lipinski definition) is 0. The van der Waals surface area contributed by atoms with E-state index in [2.05, 4.69) is 11.8 Å². The molecule has 1 saturated heterocycles. The van der Waals surface area contributed by atoms with E-state index in [0.29, 0.717) is 17.9 Å². The summed E-state index contributed by atoms with van der Waals surface area (Å²) < 4.78 is 24.1. The van der Waals surface area contributed by atoms with Gasteiger partial charge in [-0.25, -0.2) is 9.18 Å². The van der Waals surface area contributed by atoms with E-state index >= 15 is 0 Å². The van der Waals surface area contributed by atoms with Crippen LogP contribution in [0.3, 0.4) is 0 Å². The minimum Gasteiger partial charge on any atom is -0.484 e. The van der Waals surface area contributed by atoms with Crippen molar-refractivity contribution in [2.24, 2.45) is 0 Å². The van der Waals surface area contributed by atoms with E-state index in [1.165, 1.54) is 18.2 Å². The first-order chi connectivity index (χ1) is 15.3. The standard InChI is InChI=1S/C25H27FN2O4/c1-16-10-25(30)32-23-9-8-21(11-22(16)23)31-15-24(29)28-13-17(2)27(12-18(28)3)14-19-4-6-20(26)7-5-19/h4-11,17-18H,12-15H2,1-3H3/t17-,18+/m0/s1. The predicted molar refractivity (Wildman–Crippen MR) is 120 cm³/mol. The van der Waals surface area contributed by atoms with Crippen LogP contribution in [0.1, 0.15) is 25.0 Å². The number of benzene rings is 2. The molecule has 2 atom stereocenters. The molecule has 2 heterocycles. The molecule has 0 unspecified atom stereocenters. The average Bonchev–Trinajstić information content (AvgIpc) is 2.76. The summed E-state index contributed by atoms with van der Waals surface area (Å²) in [5, 5.41) is 0.783. The predicted octanol–water partition coefficient (Wildman–Crippen LogP) is 3.74. The van der Waals surface area contributed by atoms with Crippen molar-refractivity contribution < 1.29 is 18.3 Å². The number of halogens is 1. The summed E-state index contributed by atoms with van der Waals surface area (Å²) in [7, 11) is 0. The van der Waals surface area contributed by atoms with Crippen LogP contribution in [0.25, 0.3) is 11.0 Å². The van der Waals surface area contributed by atoms with Crippen LogP contribution in [0.15, 0.2) is 57.7 Å². The summed E-state index contributed by atoms with van der Waals surface area (Å²) in [5.41, 5.74) is 1.96. The Morgan fingerprint density at radius 1 is 1.09 bits per heavy atom. The lowest BCUT2D eigenvalue weighted by Gasteiger charge is -2.44. The Balaban J connectivity index is 1.37. The summed E-state index contributed by atoms with van der Waals surface area (Å²) >= 11 is 0. The topological polar surface area (TPSA) is 63.0 Å². The number of amides is 1. The van der Waals surface area contributed by atoms with Gasteiger partial charge in [0.1, 0.15) is 17.1 Å². The third-order valence-electron chi connectivity index (χ3n) is 6.02. The zero-order valence-corrected chi connectivity index (χ0v) is 18.5. The van der Waals surface area contributed by atoms with Gasteiger partial charge < -0.3 is 14.1 Å². The van der Waals surface area contributed by atoms with Gasteiger partial charge in [0.05, 0.1) is 0 Å². The van der Waals surface area contributed by atoms with E-state index in [-0.39, 0.29) is 36.0 Å². The van der Waals surface area contributed by atoms with E-state index in [0.717, 1.165) is 29.6 Å². The Hall–Kier alpha value is -3.19. The van der Waals surface area contributed by atoms with Crippen molar-refractivity contribution in [3.8, 4) is 5.75 Å². The lowest BCUT2D eigenvalue weighted by Crippen LogP contribution is -2.58.